The highest BCUT2D eigenvalue weighted by molar-refractivity contribution is 6.11. The molecule has 2 atom stereocenters. The molecule has 2 fully saturated rings. The maximum absolute atomic E-state index is 13.2. The van der Waals surface area contributed by atoms with Gasteiger partial charge in [0.05, 0.1) is 37.0 Å². The molecule has 2 aliphatic carbocycles. The number of rotatable bonds is 7. The van der Waals surface area contributed by atoms with Crippen LogP contribution in [-0.4, -0.2) is 43.8 Å². The van der Waals surface area contributed by atoms with E-state index in [0.29, 0.717) is 43.4 Å². The Morgan fingerprint density at radius 1 is 1.25 bits per heavy atom. The predicted molar refractivity (Wildman–Crippen MR) is 108 cm³/mol. The number of hydrogen-bond donors (Lipinski definition) is 1. The van der Waals surface area contributed by atoms with E-state index in [1.54, 1.807) is 6.92 Å². The monoisotopic (exact) mass is 390 g/mol. The number of Topliss-reactive ketones (excluding diaryl/α,β-unsaturated/α-hetero) is 1. The molecule has 156 valence electrons. The molecule has 2 unspecified atom stereocenters. The smallest absolute Gasteiger partial charge is 0.336 e. The zero-order chi connectivity index (χ0) is 20.3. The lowest BCUT2D eigenvalue weighted by atomic mass is 9.62. The Hall–Kier alpha value is -1.53. The highest BCUT2D eigenvalue weighted by Crippen LogP contribution is 2.48. The SMILES string of the molecule is CCOC(=O)C1=C(COCCN)N=C2CC(C)(C)CC(=O)C2C1C1CCCC1. The average molecular weight is 391 g/mol. The maximum Gasteiger partial charge on any atom is 0.336 e. The van der Waals surface area contributed by atoms with Crippen LogP contribution < -0.4 is 5.73 Å². The second-order valence-corrected chi connectivity index (χ2v) is 9.06. The van der Waals surface area contributed by atoms with Crippen molar-refractivity contribution in [3.63, 3.8) is 0 Å². The number of nitrogens with two attached hydrogens (primary N) is 1. The van der Waals surface area contributed by atoms with Crippen molar-refractivity contribution < 1.29 is 19.1 Å². The van der Waals surface area contributed by atoms with Crippen molar-refractivity contribution in [1.82, 2.24) is 0 Å². The molecule has 6 nitrogen and oxygen atoms in total. The summed E-state index contributed by atoms with van der Waals surface area (Å²) in [6, 6.07) is 0. The molecule has 6 heteroatoms. The summed E-state index contributed by atoms with van der Waals surface area (Å²) in [6.45, 7) is 7.40. The van der Waals surface area contributed by atoms with Crippen molar-refractivity contribution in [1.29, 1.82) is 0 Å². The normalized spacial score (nSPS) is 27.6. The molecule has 0 radical (unpaired) electrons. The van der Waals surface area contributed by atoms with Crippen molar-refractivity contribution in [2.75, 3.05) is 26.4 Å². The van der Waals surface area contributed by atoms with Gasteiger partial charge in [-0.15, -0.1) is 0 Å². The minimum atomic E-state index is -0.341. The van der Waals surface area contributed by atoms with Crippen molar-refractivity contribution in [2.45, 2.75) is 59.3 Å². The Bertz CT molecular complexity index is 674. The third-order valence-electron chi connectivity index (χ3n) is 6.20. The Morgan fingerprint density at radius 2 is 1.96 bits per heavy atom. The second-order valence-electron chi connectivity index (χ2n) is 9.06. The summed E-state index contributed by atoms with van der Waals surface area (Å²) in [5.74, 6) is -0.214. The first-order valence-electron chi connectivity index (χ1n) is 10.7. The van der Waals surface area contributed by atoms with Gasteiger partial charge in [0, 0.05) is 24.6 Å². The van der Waals surface area contributed by atoms with Gasteiger partial charge in [-0.05, 0) is 37.5 Å². The fourth-order valence-corrected chi connectivity index (χ4v) is 5.19. The molecule has 0 spiro atoms. The lowest BCUT2D eigenvalue weighted by molar-refractivity contribution is -0.140. The van der Waals surface area contributed by atoms with E-state index in [2.05, 4.69) is 13.8 Å². The van der Waals surface area contributed by atoms with E-state index in [4.69, 9.17) is 20.2 Å². The standard InChI is InChI=1S/C22H34N2O4/c1-4-28-21(26)20-16(13-27-10-9-23)24-15-11-22(2,3)12-17(25)19(15)18(20)14-7-5-6-8-14/h14,18-19H,4-13,23H2,1-3H3. The number of aliphatic imine (C=N–C) groups is 1. The Labute approximate surface area is 167 Å². The minimum absolute atomic E-state index is 0.0999. The summed E-state index contributed by atoms with van der Waals surface area (Å²) in [5, 5.41) is 0. The largest absolute Gasteiger partial charge is 0.463 e. The Morgan fingerprint density at radius 3 is 2.61 bits per heavy atom. The molecule has 0 bridgehead atoms. The zero-order valence-corrected chi connectivity index (χ0v) is 17.5. The van der Waals surface area contributed by atoms with Crippen LogP contribution in [0.4, 0.5) is 0 Å². The van der Waals surface area contributed by atoms with Crippen LogP contribution in [0.15, 0.2) is 16.3 Å². The van der Waals surface area contributed by atoms with Crippen LogP contribution in [0.5, 0.6) is 0 Å². The summed E-state index contributed by atoms with van der Waals surface area (Å²) >= 11 is 0. The summed E-state index contributed by atoms with van der Waals surface area (Å²) in [7, 11) is 0. The summed E-state index contributed by atoms with van der Waals surface area (Å²) in [5.41, 5.74) is 7.60. The highest BCUT2D eigenvalue weighted by Gasteiger charge is 2.50. The molecule has 1 heterocycles. The Balaban J connectivity index is 2.06. The van der Waals surface area contributed by atoms with Crippen LogP contribution >= 0.6 is 0 Å². The van der Waals surface area contributed by atoms with Crippen LogP contribution in [0.1, 0.15) is 59.3 Å². The topological polar surface area (TPSA) is 91.0 Å². The van der Waals surface area contributed by atoms with E-state index < -0.39 is 0 Å². The second kappa shape index (κ2) is 8.87. The van der Waals surface area contributed by atoms with Gasteiger partial charge in [0.1, 0.15) is 5.78 Å². The molecule has 28 heavy (non-hydrogen) atoms. The first kappa shape index (κ1) is 21.2. The van der Waals surface area contributed by atoms with Crippen molar-refractivity contribution >= 4 is 17.5 Å². The molecular weight excluding hydrogens is 356 g/mol. The van der Waals surface area contributed by atoms with Crippen LogP contribution in [0.25, 0.3) is 0 Å². The lowest BCUT2D eigenvalue weighted by Crippen LogP contribution is -2.47. The lowest BCUT2D eigenvalue weighted by Gasteiger charge is -2.43. The van der Waals surface area contributed by atoms with E-state index in [0.717, 1.165) is 37.8 Å². The fraction of sp³-hybridized carbons (Fsp3) is 0.773. The molecule has 2 N–H and O–H groups in total. The molecule has 3 aliphatic rings. The number of hydrogen-bond acceptors (Lipinski definition) is 6. The number of ether oxygens (including phenoxy) is 2. The molecule has 0 aromatic heterocycles. The van der Waals surface area contributed by atoms with Gasteiger partial charge in [0.2, 0.25) is 0 Å². The summed E-state index contributed by atoms with van der Waals surface area (Å²) < 4.78 is 11.1. The molecule has 0 aromatic rings. The van der Waals surface area contributed by atoms with Gasteiger partial charge in [-0.2, -0.15) is 0 Å². The number of carbonyl (C=O) groups is 2. The number of carbonyl (C=O) groups excluding carboxylic acids is 2. The third kappa shape index (κ3) is 4.38. The predicted octanol–water partition coefficient (Wildman–Crippen LogP) is 3.05. The van der Waals surface area contributed by atoms with E-state index in [-0.39, 0.29) is 35.6 Å². The molecular formula is C22H34N2O4. The first-order valence-corrected chi connectivity index (χ1v) is 10.7. The quantitative estimate of drug-likeness (QED) is 0.533. The maximum atomic E-state index is 13.2. The number of nitrogens with zero attached hydrogens (tertiary/aromatic N) is 1. The van der Waals surface area contributed by atoms with Crippen molar-refractivity contribution in [2.24, 2.45) is 33.9 Å². The van der Waals surface area contributed by atoms with Gasteiger partial charge >= 0.3 is 5.97 Å². The van der Waals surface area contributed by atoms with Gasteiger partial charge in [-0.1, -0.05) is 26.7 Å². The fourth-order valence-electron chi connectivity index (χ4n) is 5.19. The first-order chi connectivity index (χ1) is 13.4. The average Bonchev–Trinajstić information content (AvgIpc) is 3.14. The summed E-state index contributed by atoms with van der Waals surface area (Å²) in [6.07, 6.45) is 5.71. The molecule has 2 saturated carbocycles. The number of fused-ring (bicyclic) bond motifs is 1. The van der Waals surface area contributed by atoms with Crippen LogP contribution in [0.3, 0.4) is 0 Å². The van der Waals surface area contributed by atoms with E-state index in [1.165, 1.54) is 0 Å². The third-order valence-corrected chi connectivity index (χ3v) is 6.20. The molecule has 0 amide bonds. The van der Waals surface area contributed by atoms with E-state index in [9.17, 15) is 9.59 Å². The van der Waals surface area contributed by atoms with Gasteiger partial charge in [0.15, 0.2) is 0 Å². The molecule has 0 saturated heterocycles. The zero-order valence-electron chi connectivity index (χ0n) is 17.5. The number of ketones is 1. The van der Waals surface area contributed by atoms with Crippen LogP contribution in [-0.2, 0) is 19.1 Å². The molecule has 1 aliphatic heterocycles. The minimum Gasteiger partial charge on any atom is -0.463 e. The van der Waals surface area contributed by atoms with Gasteiger partial charge < -0.3 is 15.2 Å². The molecule has 0 aromatic carbocycles. The van der Waals surface area contributed by atoms with Crippen LogP contribution in [0.2, 0.25) is 0 Å². The van der Waals surface area contributed by atoms with Gasteiger partial charge in [-0.25, -0.2) is 4.79 Å². The van der Waals surface area contributed by atoms with E-state index in [1.807, 2.05) is 0 Å². The van der Waals surface area contributed by atoms with E-state index >= 15 is 0 Å². The van der Waals surface area contributed by atoms with Crippen molar-refractivity contribution in [3.05, 3.63) is 11.3 Å². The van der Waals surface area contributed by atoms with Crippen LogP contribution in [0, 0.1) is 23.2 Å². The van der Waals surface area contributed by atoms with Crippen molar-refractivity contribution in [3.8, 4) is 0 Å². The Kier molecular flexibility index (Phi) is 6.71. The van der Waals surface area contributed by atoms with Gasteiger partial charge in [0.25, 0.3) is 0 Å². The number of esters is 1. The van der Waals surface area contributed by atoms with Gasteiger partial charge in [-0.3, -0.25) is 9.79 Å². The molecule has 3 rings (SSSR count). The highest BCUT2D eigenvalue weighted by atomic mass is 16.5. The summed E-state index contributed by atoms with van der Waals surface area (Å²) in [4.78, 5) is 31.0.